The lowest BCUT2D eigenvalue weighted by molar-refractivity contribution is -0.122. The van der Waals surface area contributed by atoms with Gasteiger partial charge in [-0.1, -0.05) is 12.8 Å². The molecular weight excluding hydrogens is 234 g/mol. The van der Waals surface area contributed by atoms with Gasteiger partial charge in [0.05, 0.1) is 0 Å². The molecule has 0 saturated heterocycles. The standard InChI is InChI=1S/C11H13N3O.CH2O2/c15-11-9-6-3-7-14(9)13-10(12-11)8-4-1-2-5-8;2-1-3/h3,6-8H,1-2,4-5H2,(H,12,13,15);1H,(H,2,3). The van der Waals surface area contributed by atoms with Crippen LogP contribution in [0.3, 0.4) is 0 Å². The molecule has 2 aromatic rings. The third kappa shape index (κ3) is 2.42. The van der Waals surface area contributed by atoms with Gasteiger partial charge in [-0.25, -0.2) is 4.52 Å². The number of carbonyl (C=O) groups is 1. The zero-order valence-corrected chi connectivity index (χ0v) is 9.87. The first kappa shape index (κ1) is 12.3. The minimum Gasteiger partial charge on any atom is -0.483 e. The quantitative estimate of drug-likeness (QED) is 0.747. The van der Waals surface area contributed by atoms with E-state index < -0.39 is 0 Å². The summed E-state index contributed by atoms with van der Waals surface area (Å²) in [5.74, 6) is 1.30. The fourth-order valence-electron chi connectivity index (χ4n) is 2.34. The van der Waals surface area contributed by atoms with Gasteiger partial charge >= 0.3 is 0 Å². The van der Waals surface area contributed by atoms with Crippen LogP contribution in [0.5, 0.6) is 0 Å². The molecule has 6 heteroatoms. The van der Waals surface area contributed by atoms with E-state index in [1.54, 1.807) is 10.6 Å². The maximum Gasteiger partial charge on any atom is 0.290 e. The lowest BCUT2D eigenvalue weighted by atomic mass is 10.1. The predicted octanol–water partition coefficient (Wildman–Crippen LogP) is 1.38. The van der Waals surface area contributed by atoms with Crippen molar-refractivity contribution in [2.75, 3.05) is 0 Å². The second-order valence-corrected chi connectivity index (χ2v) is 4.26. The van der Waals surface area contributed by atoms with Crippen LogP contribution in [0.1, 0.15) is 37.4 Å². The van der Waals surface area contributed by atoms with E-state index in [-0.39, 0.29) is 12.0 Å². The van der Waals surface area contributed by atoms with Gasteiger partial charge in [0.2, 0.25) is 0 Å². The van der Waals surface area contributed by atoms with Crippen LogP contribution < -0.4 is 5.56 Å². The van der Waals surface area contributed by atoms with Crippen LogP contribution in [0, 0.1) is 0 Å². The van der Waals surface area contributed by atoms with Gasteiger partial charge in [-0.2, -0.15) is 5.10 Å². The molecule has 0 unspecified atom stereocenters. The highest BCUT2D eigenvalue weighted by atomic mass is 16.3. The Morgan fingerprint density at radius 1 is 1.44 bits per heavy atom. The molecule has 6 nitrogen and oxygen atoms in total. The van der Waals surface area contributed by atoms with Gasteiger partial charge in [-0.3, -0.25) is 9.59 Å². The molecule has 0 aliphatic heterocycles. The Labute approximate surface area is 103 Å². The summed E-state index contributed by atoms with van der Waals surface area (Å²) >= 11 is 0. The number of aromatic nitrogens is 3. The van der Waals surface area contributed by atoms with Gasteiger partial charge in [-0.15, -0.1) is 0 Å². The molecule has 18 heavy (non-hydrogen) atoms. The fourth-order valence-corrected chi connectivity index (χ4v) is 2.34. The molecule has 2 aromatic heterocycles. The average molecular weight is 249 g/mol. The monoisotopic (exact) mass is 249 g/mol. The van der Waals surface area contributed by atoms with E-state index in [4.69, 9.17) is 9.90 Å². The first-order valence-corrected chi connectivity index (χ1v) is 5.91. The summed E-state index contributed by atoms with van der Waals surface area (Å²) in [4.78, 5) is 23.0. The summed E-state index contributed by atoms with van der Waals surface area (Å²) in [6.07, 6.45) is 6.62. The molecule has 1 fully saturated rings. The summed E-state index contributed by atoms with van der Waals surface area (Å²) in [6.45, 7) is -0.250. The maximum atomic E-state index is 11.7. The van der Waals surface area contributed by atoms with E-state index in [9.17, 15) is 4.79 Å². The minimum absolute atomic E-state index is 0.0306. The van der Waals surface area contributed by atoms with Crippen LogP contribution in [-0.2, 0) is 4.79 Å². The number of nitrogens with one attached hydrogen (secondary N) is 1. The molecule has 1 aliphatic rings. The first-order chi connectivity index (χ1) is 8.76. The number of rotatable bonds is 1. The molecule has 1 aliphatic carbocycles. The van der Waals surface area contributed by atoms with Gasteiger partial charge in [0, 0.05) is 12.1 Å². The Kier molecular flexibility index (Phi) is 3.76. The fraction of sp³-hybridized carbons (Fsp3) is 0.417. The lowest BCUT2D eigenvalue weighted by Gasteiger charge is -2.07. The molecule has 0 bridgehead atoms. The number of fused-ring (bicyclic) bond motifs is 1. The van der Waals surface area contributed by atoms with E-state index in [0.29, 0.717) is 11.4 Å². The Bertz CT molecular complexity index is 582. The number of carboxylic acid groups (broad SMARTS) is 1. The van der Waals surface area contributed by atoms with Crippen molar-refractivity contribution >= 4 is 12.0 Å². The lowest BCUT2D eigenvalue weighted by Crippen LogP contribution is -2.17. The molecule has 0 radical (unpaired) electrons. The highest BCUT2D eigenvalue weighted by molar-refractivity contribution is 5.43. The Morgan fingerprint density at radius 3 is 2.78 bits per heavy atom. The molecular formula is C12H15N3O3. The third-order valence-electron chi connectivity index (χ3n) is 3.16. The zero-order chi connectivity index (χ0) is 13.0. The van der Waals surface area contributed by atoms with Crippen molar-refractivity contribution in [1.29, 1.82) is 0 Å². The van der Waals surface area contributed by atoms with Gasteiger partial charge in [-0.05, 0) is 25.0 Å². The molecule has 1 saturated carbocycles. The van der Waals surface area contributed by atoms with E-state index in [2.05, 4.69) is 10.1 Å². The smallest absolute Gasteiger partial charge is 0.290 e. The van der Waals surface area contributed by atoms with Crippen LogP contribution in [0.4, 0.5) is 0 Å². The normalized spacial score (nSPS) is 15.3. The van der Waals surface area contributed by atoms with Gasteiger partial charge in [0.25, 0.3) is 12.0 Å². The molecule has 96 valence electrons. The second-order valence-electron chi connectivity index (χ2n) is 4.26. The topological polar surface area (TPSA) is 87.5 Å². The van der Waals surface area contributed by atoms with E-state index >= 15 is 0 Å². The molecule has 3 rings (SSSR count). The van der Waals surface area contributed by atoms with Crippen LogP contribution in [-0.4, -0.2) is 26.2 Å². The second kappa shape index (κ2) is 5.48. The number of hydrogen-bond acceptors (Lipinski definition) is 3. The van der Waals surface area contributed by atoms with Crippen molar-refractivity contribution in [3.05, 3.63) is 34.5 Å². The zero-order valence-electron chi connectivity index (χ0n) is 9.87. The van der Waals surface area contributed by atoms with Crippen molar-refractivity contribution < 1.29 is 9.90 Å². The van der Waals surface area contributed by atoms with Crippen LogP contribution >= 0.6 is 0 Å². The summed E-state index contributed by atoms with van der Waals surface area (Å²) in [6, 6.07) is 3.63. The van der Waals surface area contributed by atoms with E-state index in [1.807, 2.05) is 12.3 Å². The highest BCUT2D eigenvalue weighted by Gasteiger charge is 2.20. The van der Waals surface area contributed by atoms with Gasteiger partial charge in [0.15, 0.2) is 0 Å². The highest BCUT2D eigenvalue weighted by Crippen LogP contribution is 2.31. The largest absolute Gasteiger partial charge is 0.483 e. The third-order valence-corrected chi connectivity index (χ3v) is 3.16. The summed E-state index contributed by atoms with van der Waals surface area (Å²) in [7, 11) is 0. The molecule has 0 atom stereocenters. The summed E-state index contributed by atoms with van der Waals surface area (Å²) in [5, 5.41) is 11.3. The summed E-state index contributed by atoms with van der Waals surface area (Å²) < 4.78 is 1.67. The first-order valence-electron chi connectivity index (χ1n) is 5.91. The molecule has 0 amide bonds. The molecule has 2 N–H and O–H groups in total. The van der Waals surface area contributed by atoms with Crippen LogP contribution in [0.25, 0.3) is 5.52 Å². The van der Waals surface area contributed by atoms with Crippen LogP contribution in [0.15, 0.2) is 23.1 Å². The van der Waals surface area contributed by atoms with Crippen molar-refractivity contribution in [3.8, 4) is 0 Å². The van der Waals surface area contributed by atoms with Crippen molar-refractivity contribution in [2.24, 2.45) is 0 Å². The SMILES string of the molecule is O=CO.O=c1[nH]c(C2CCCC2)nn2cccc12. The van der Waals surface area contributed by atoms with E-state index in [1.165, 1.54) is 12.8 Å². The molecule has 2 heterocycles. The van der Waals surface area contributed by atoms with Crippen molar-refractivity contribution in [1.82, 2.24) is 14.6 Å². The maximum absolute atomic E-state index is 11.7. The van der Waals surface area contributed by atoms with Gasteiger partial charge in [0.1, 0.15) is 11.3 Å². The Morgan fingerprint density at radius 2 is 2.11 bits per heavy atom. The number of H-pyrrole nitrogens is 1. The Hall–Kier alpha value is -2.11. The van der Waals surface area contributed by atoms with Crippen LogP contribution in [0.2, 0.25) is 0 Å². The van der Waals surface area contributed by atoms with Gasteiger partial charge < -0.3 is 10.1 Å². The number of hydrogen-bond donors (Lipinski definition) is 2. The number of aromatic amines is 1. The van der Waals surface area contributed by atoms with Crippen molar-refractivity contribution in [2.45, 2.75) is 31.6 Å². The average Bonchev–Trinajstić information content (AvgIpc) is 3.01. The molecule has 0 spiro atoms. The summed E-state index contributed by atoms with van der Waals surface area (Å²) in [5.41, 5.74) is 0.591. The predicted molar refractivity (Wildman–Crippen MR) is 65.7 cm³/mol. The Balaban J connectivity index is 0.000000367. The van der Waals surface area contributed by atoms with Crippen molar-refractivity contribution in [3.63, 3.8) is 0 Å². The molecule has 0 aromatic carbocycles. The van der Waals surface area contributed by atoms with E-state index in [0.717, 1.165) is 18.7 Å². The number of nitrogens with zero attached hydrogens (tertiary/aromatic N) is 2. The minimum atomic E-state index is -0.250.